The predicted molar refractivity (Wildman–Crippen MR) is 58.0 cm³/mol. The zero-order valence-corrected chi connectivity index (χ0v) is 9.75. The summed E-state index contributed by atoms with van der Waals surface area (Å²) in [4.78, 5) is 9.76. The summed E-state index contributed by atoms with van der Waals surface area (Å²) < 4.78 is 4.36. The molecule has 0 saturated heterocycles. The van der Waals surface area contributed by atoms with E-state index in [-0.39, 0.29) is 24.9 Å². The third-order valence-electron chi connectivity index (χ3n) is 1.00. The first-order chi connectivity index (χ1) is 7.25. The average molecular weight is 258 g/mol. The maximum atomic E-state index is 9.76. The molecule has 98 valence electrons. The molecule has 16 heavy (non-hydrogen) atoms. The van der Waals surface area contributed by atoms with Gasteiger partial charge in [0.05, 0.1) is 19.6 Å². The molecule has 0 saturated carbocycles. The number of thiol groups is 1. The maximum absolute atomic E-state index is 9.76. The van der Waals surface area contributed by atoms with Gasteiger partial charge < -0.3 is 30.3 Å². The Bertz CT molecular complexity index is 164. The van der Waals surface area contributed by atoms with Crippen LogP contribution < -0.4 is 0 Å². The Morgan fingerprint density at radius 1 is 1.19 bits per heavy atom. The van der Waals surface area contributed by atoms with Gasteiger partial charge in [-0.3, -0.25) is 4.79 Å². The van der Waals surface area contributed by atoms with Gasteiger partial charge in [-0.25, -0.2) is 0 Å². The molecule has 1 unspecified atom stereocenters. The van der Waals surface area contributed by atoms with Crippen molar-refractivity contribution in [3.05, 3.63) is 0 Å². The average Bonchev–Trinajstić information content (AvgIpc) is 2.00. The Labute approximate surface area is 98.7 Å². The van der Waals surface area contributed by atoms with Gasteiger partial charge in [-0.15, -0.1) is 0 Å². The van der Waals surface area contributed by atoms with Crippen LogP contribution in [0.2, 0.25) is 0 Å². The summed E-state index contributed by atoms with van der Waals surface area (Å²) in [5.74, 6) is -0.789. The molecule has 0 fully saturated rings. The first kappa shape index (κ1) is 18.0. The Balaban J connectivity index is 0. The number of aliphatic hydroxyl groups is 4. The third-order valence-corrected chi connectivity index (χ3v) is 1.19. The van der Waals surface area contributed by atoms with E-state index in [4.69, 9.17) is 25.5 Å². The minimum atomic E-state index is -1.55. The molecule has 0 rings (SSSR count). The quantitative estimate of drug-likeness (QED) is 0.250. The highest BCUT2D eigenvalue weighted by Crippen LogP contribution is 1.96. The van der Waals surface area contributed by atoms with Crippen molar-refractivity contribution in [3.8, 4) is 0 Å². The fraction of sp³-hybridized carbons (Fsp3) is 0.875. The number of hydrogen-bond donors (Lipinski definition) is 6. The van der Waals surface area contributed by atoms with Crippen LogP contribution in [0.15, 0.2) is 0 Å². The van der Waals surface area contributed by atoms with Crippen LogP contribution >= 0.6 is 12.6 Å². The molecule has 1 atom stereocenters. The second kappa shape index (κ2) is 11.1. The van der Waals surface area contributed by atoms with E-state index >= 15 is 0 Å². The van der Waals surface area contributed by atoms with E-state index in [9.17, 15) is 4.79 Å². The molecular formula is C8H18O7S. The van der Waals surface area contributed by atoms with Gasteiger partial charge in [-0.05, 0) is 0 Å². The number of rotatable bonds is 6. The number of ether oxygens (including phenoxy) is 1. The van der Waals surface area contributed by atoms with Crippen molar-refractivity contribution < 1.29 is 35.1 Å². The molecule has 0 amide bonds. The van der Waals surface area contributed by atoms with E-state index in [1.165, 1.54) is 0 Å². The fourth-order valence-corrected chi connectivity index (χ4v) is 0.688. The van der Waals surface area contributed by atoms with Crippen LogP contribution in [0, 0.1) is 0 Å². The van der Waals surface area contributed by atoms with Gasteiger partial charge >= 0.3 is 5.97 Å². The number of carbonyl (C=O) groups is 1. The highest BCUT2D eigenvalue weighted by Gasteiger charge is 2.00. The summed E-state index contributed by atoms with van der Waals surface area (Å²) in [6.45, 7) is 1.13. The van der Waals surface area contributed by atoms with Gasteiger partial charge in [0.2, 0.25) is 0 Å². The first-order valence-corrected chi connectivity index (χ1v) is 4.97. The molecular weight excluding hydrogens is 240 g/mol. The Kier molecular flexibility index (Phi) is 12.5. The Hall–Kier alpha value is -0.380. The fourth-order valence-electron chi connectivity index (χ4n) is 0.532. The van der Waals surface area contributed by atoms with Crippen molar-refractivity contribution in [2.45, 2.75) is 31.2 Å². The topological polar surface area (TPSA) is 127 Å². The van der Waals surface area contributed by atoms with Crippen molar-refractivity contribution in [1.82, 2.24) is 0 Å². The van der Waals surface area contributed by atoms with Crippen molar-refractivity contribution in [2.75, 3.05) is 13.2 Å². The number of hydrogen-bond acceptors (Lipinski definition) is 7. The molecule has 0 aromatic carbocycles. The molecule has 7 nitrogen and oxygen atoms in total. The molecule has 5 N–H and O–H groups in total. The second-order valence-corrected chi connectivity index (χ2v) is 3.83. The lowest BCUT2D eigenvalue weighted by atomic mass is 10.3. The Morgan fingerprint density at radius 2 is 1.56 bits per heavy atom. The van der Waals surface area contributed by atoms with Gasteiger partial charge in [0, 0.05) is 5.25 Å². The lowest BCUT2D eigenvalue weighted by Gasteiger charge is -2.05. The van der Waals surface area contributed by atoms with Crippen LogP contribution in [0.4, 0.5) is 0 Å². The van der Waals surface area contributed by atoms with E-state index in [0.29, 0.717) is 0 Å². The van der Waals surface area contributed by atoms with E-state index in [1.807, 2.05) is 0 Å². The summed E-state index contributed by atoms with van der Waals surface area (Å²) in [6.07, 6.45) is -2.96. The minimum absolute atomic E-state index is 0.0301. The number of carboxylic acids is 1. The molecule has 0 heterocycles. The molecule has 0 aromatic rings. The molecule has 8 heteroatoms. The lowest BCUT2D eigenvalue weighted by Crippen LogP contribution is -2.20. The Morgan fingerprint density at radius 3 is 1.69 bits per heavy atom. The third kappa shape index (κ3) is 23.4. The normalized spacial score (nSPS) is 12.2. The van der Waals surface area contributed by atoms with Crippen LogP contribution in [0.25, 0.3) is 0 Å². The highest BCUT2D eigenvalue weighted by molar-refractivity contribution is 7.80. The van der Waals surface area contributed by atoms with Crippen LogP contribution in [0.5, 0.6) is 0 Å². The SMILES string of the molecule is CC(S)CC(=O)O.OC(O)COCC(O)O. The molecule has 0 aromatic heterocycles. The predicted octanol–water partition coefficient (Wildman–Crippen LogP) is -1.60. The summed E-state index contributed by atoms with van der Waals surface area (Å²) in [7, 11) is 0. The van der Waals surface area contributed by atoms with E-state index in [0.717, 1.165) is 0 Å². The summed E-state index contributed by atoms with van der Waals surface area (Å²) in [5.41, 5.74) is 0. The zero-order chi connectivity index (χ0) is 13.1. The highest BCUT2D eigenvalue weighted by atomic mass is 32.1. The number of carboxylic acid groups (broad SMARTS) is 1. The van der Waals surface area contributed by atoms with Crippen LogP contribution in [-0.2, 0) is 9.53 Å². The van der Waals surface area contributed by atoms with Gasteiger partial charge in [-0.2, -0.15) is 12.6 Å². The van der Waals surface area contributed by atoms with Gasteiger partial charge in [0.1, 0.15) is 0 Å². The summed E-state index contributed by atoms with van der Waals surface area (Å²) in [5, 5.41) is 40.5. The molecule has 0 radical (unpaired) electrons. The minimum Gasteiger partial charge on any atom is -0.481 e. The van der Waals surface area contributed by atoms with Crippen molar-refractivity contribution in [1.29, 1.82) is 0 Å². The van der Waals surface area contributed by atoms with Gasteiger partial charge in [-0.1, -0.05) is 6.92 Å². The molecule has 0 bridgehead atoms. The van der Waals surface area contributed by atoms with Crippen molar-refractivity contribution >= 4 is 18.6 Å². The smallest absolute Gasteiger partial charge is 0.304 e. The van der Waals surface area contributed by atoms with Gasteiger partial charge in [0.25, 0.3) is 0 Å². The maximum Gasteiger partial charge on any atom is 0.304 e. The first-order valence-electron chi connectivity index (χ1n) is 4.45. The van der Waals surface area contributed by atoms with E-state index < -0.39 is 18.5 Å². The molecule has 0 aliphatic carbocycles. The molecule has 0 spiro atoms. The molecule has 0 aliphatic rings. The lowest BCUT2D eigenvalue weighted by molar-refractivity contribution is -0.138. The van der Waals surface area contributed by atoms with Crippen LogP contribution in [-0.4, -0.2) is 62.5 Å². The van der Waals surface area contributed by atoms with Crippen LogP contribution in [0.1, 0.15) is 13.3 Å². The van der Waals surface area contributed by atoms with Gasteiger partial charge in [0.15, 0.2) is 12.6 Å². The largest absolute Gasteiger partial charge is 0.481 e. The summed E-state index contributed by atoms with van der Waals surface area (Å²) in [6, 6.07) is 0. The van der Waals surface area contributed by atoms with E-state index in [1.54, 1.807) is 6.92 Å². The van der Waals surface area contributed by atoms with E-state index in [2.05, 4.69) is 17.4 Å². The number of aliphatic carboxylic acids is 1. The monoisotopic (exact) mass is 258 g/mol. The van der Waals surface area contributed by atoms with Crippen molar-refractivity contribution in [2.24, 2.45) is 0 Å². The zero-order valence-electron chi connectivity index (χ0n) is 8.85. The second-order valence-electron chi connectivity index (χ2n) is 2.95. The van der Waals surface area contributed by atoms with Crippen LogP contribution in [0.3, 0.4) is 0 Å². The standard InChI is InChI=1S/C4H10O5.C4H8O2S/c5-3(6)1-9-2-4(7)8;1-3(7)2-4(5)6/h3-8H,1-2H2;3,7H,2H2,1H3,(H,5,6). The van der Waals surface area contributed by atoms with Crippen molar-refractivity contribution in [3.63, 3.8) is 0 Å². The molecule has 0 aliphatic heterocycles. The summed E-state index contributed by atoms with van der Waals surface area (Å²) >= 11 is 3.86. The number of aliphatic hydroxyl groups excluding tert-OH is 2.